The van der Waals surface area contributed by atoms with E-state index < -0.39 is 0 Å². The molecule has 0 aliphatic heterocycles. The highest BCUT2D eigenvalue weighted by atomic mass is 15.0. The number of fused-ring (bicyclic) bond motifs is 1. The predicted molar refractivity (Wildman–Crippen MR) is 159 cm³/mol. The molecule has 5 rings (SSSR count). The van der Waals surface area contributed by atoms with Gasteiger partial charge in [-0.15, -0.1) is 0 Å². The van der Waals surface area contributed by atoms with Crippen LogP contribution in [0.5, 0.6) is 0 Å². The highest BCUT2D eigenvalue weighted by molar-refractivity contribution is 6.06. The van der Waals surface area contributed by atoms with Gasteiger partial charge in [0, 0.05) is 34.8 Å². The largest absolute Gasteiger partial charge is 0.309 e. The summed E-state index contributed by atoms with van der Waals surface area (Å²) in [7, 11) is 1.74. The predicted octanol–water partition coefficient (Wildman–Crippen LogP) is 8.03. The number of rotatable bonds is 6. The molecule has 0 fully saturated rings. The summed E-state index contributed by atoms with van der Waals surface area (Å²) in [5.74, 6) is 0.568. The van der Waals surface area contributed by atoms with Gasteiger partial charge in [-0.25, -0.2) is 4.99 Å². The van der Waals surface area contributed by atoms with E-state index in [9.17, 15) is 0 Å². The fraction of sp³-hybridized carbons (Fsp3) is 0.0606. The first kappa shape index (κ1) is 23.9. The molecular weight excluding hydrogens is 452 g/mol. The number of pyridine rings is 1. The monoisotopic (exact) mass is 480 g/mol. The molecule has 0 spiro atoms. The number of nitrogens with zero attached hydrogens (tertiary/aromatic N) is 4. The first-order valence-corrected chi connectivity index (χ1v) is 12.1. The molecule has 2 aromatic heterocycles. The van der Waals surface area contributed by atoms with E-state index in [1.165, 1.54) is 0 Å². The zero-order chi connectivity index (χ0) is 25.9. The van der Waals surface area contributed by atoms with E-state index >= 15 is 0 Å². The fourth-order valence-electron chi connectivity index (χ4n) is 4.92. The summed E-state index contributed by atoms with van der Waals surface area (Å²) in [6, 6.07) is 29.1. The van der Waals surface area contributed by atoms with Crippen LogP contribution in [0.4, 0.5) is 0 Å². The minimum absolute atomic E-state index is 0.568. The molecule has 0 N–H and O–H groups in total. The number of benzene rings is 3. The number of aryl methyl sites for hydroxylation is 1. The van der Waals surface area contributed by atoms with Gasteiger partial charge < -0.3 is 4.57 Å². The molecule has 4 heteroatoms. The molecule has 0 bridgehead atoms. The quantitative estimate of drug-likeness (QED) is 0.179. The zero-order valence-electron chi connectivity index (χ0n) is 21.1. The Morgan fingerprint density at radius 2 is 1.59 bits per heavy atom. The Bertz CT molecular complexity index is 1690. The highest BCUT2D eigenvalue weighted by Gasteiger charge is 2.19. The number of aromatic nitrogens is 2. The first-order valence-electron chi connectivity index (χ1n) is 12.1. The van der Waals surface area contributed by atoms with Crippen LogP contribution in [0, 0.1) is 6.92 Å². The van der Waals surface area contributed by atoms with Crippen LogP contribution in [0.3, 0.4) is 0 Å². The summed E-state index contributed by atoms with van der Waals surface area (Å²) in [4.78, 5) is 13.5. The van der Waals surface area contributed by atoms with E-state index in [2.05, 4.69) is 89.0 Å². The number of amidine groups is 1. The van der Waals surface area contributed by atoms with Crippen LogP contribution in [0.25, 0.3) is 51.1 Å². The van der Waals surface area contributed by atoms with Gasteiger partial charge in [0.1, 0.15) is 0 Å². The van der Waals surface area contributed by atoms with E-state index in [4.69, 9.17) is 4.98 Å². The van der Waals surface area contributed by atoms with Crippen LogP contribution in [-0.4, -0.2) is 29.2 Å². The summed E-state index contributed by atoms with van der Waals surface area (Å²) < 4.78 is 2.20. The summed E-state index contributed by atoms with van der Waals surface area (Å²) in [6.45, 7) is 14.0. The van der Waals surface area contributed by atoms with Gasteiger partial charge in [0.15, 0.2) is 5.84 Å². The van der Waals surface area contributed by atoms with Gasteiger partial charge >= 0.3 is 0 Å². The van der Waals surface area contributed by atoms with Crippen LogP contribution in [-0.2, 0) is 0 Å². The Kier molecular flexibility index (Phi) is 6.48. The fourth-order valence-corrected chi connectivity index (χ4v) is 4.92. The lowest BCUT2D eigenvalue weighted by Gasteiger charge is -2.16. The number of aliphatic imine (C=N–C) groups is 2. The van der Waals surface area contributed by atoms with Gasteiger partial charge in [-0.1, -0.05) is 73.8 Å². The third kappa shape index (κ3) is 4.23. The molecule has 0 unspecified atom stereocenters. The van der Waals surface area contributed by atoms with Crippen molar-refractivity contribution in [1.82, 2.24) is 9.55 Å². The molecule has 4 nitrogen and oxygen atoms in total. The van der Waals surface area contributed by atoms with Crippen LogP contribution in [0.1, 0.15) is 22.5 Å². The maximum absolute atomic E-state index is 4.78. The highest BCUT2D eigenvalue weighted by Crippen LogP contribution is 2.35. The Hall–Kier alpha value is -4.83. The van der Waals surface area contributed by atoms with Crippen molar-refractivity contribution in [2.75, 3.05) is 7.05 Å². The van der Waals surface area contributed by atoms with Crippen molar-refractivity contribution in [1.29, 1.82) is 0 Å². The molecule has 0 saturated heterocycles. The summed E-state index contributed by atoms with van der Waals surface area (Å²) in [6.07, 6.45) is 3.76. The number of hydrogen-bond donors (Lipinski definition) is 0. The Labute approximate surface area is 217 Å². The molecule has 5 aromatic rings. The lowest BCUT2D eigenvalue weighted by molar-refractivity contribution is 1.10. The summed E-state index contributed by atoms with van der Waals surface area (Å²) in [5.41, 5.74) is 10.00. The van der Waals surface area contributed by atoms with Crippen molar-refractivity contribution >= 4 is 35.6 Å². The molecule has 3 aromatic carbocycles. The maximum Gasteiger partial charge on any atom is 0.155 e. The van der Waals surface area contributed by atoms with E-state index in [1.807, 2.05) is 49.4 Å². The topological polar surface area (TPSA) is 42.5 Å². The number of para-hydroxylation sites is 1. The van der Waals surface area contributed by atoms with Crippen molar-refractivity contribution < 1.29 is 0 Å². The standard InChI is InChI=1S/C33H28N4/c1-6-26-27-15-11-12-16-31(27)37(30(26)7-2)32-18-17-24(20-28(32)33(34-4)35-5)25-19-22(3)36-29(21-25)23-13-9-8-10-14-23/h6-21H,1-2,4H2,3,5H3. The Morgan fingerprint density at radius 3 is 2.30 bits per heavy atom. The molecule has 0 saturated carbocycles. The Morgan fingerprint density at radius 1 is 0.838 bits per heavy atom. The minimum Gasteiger partial charge on any atom is -0.309 e. The smallest absolute Gasteiger partial charge is 0.155 e. The van der Waals surface area contributed by atoms with E-state index in [-0.39, 0.29) is 0 Å². The molecule has 180 valence electrons. The maximum atomic E-state index is 4.78. The molecule has 0 atom stereocenters. The lowest BCUT2D eigenvalue weighted by Crippen LogP contribution is -2.07. The van der Waals surface area contributed by atoms with Crippen molar-refractivity contribution in [3.63, 3.8) is 0 Å². The normalized spacial score (nSPS) is 11.5. The average molecular weight is 481 g/mol. The second-order valence-corrected chi connectivity index (χ2v) is 8.75. The number of hydrogen-bond acceptors (Lipinski definition) is 2. The van der Waals surface area contributed by atoms with Crippen LogP contribution < -0.4 is 0 Å². The van der Waals surface area contributed by atoms with Crippen molar-refractivity contribution in [3.8, 4) is 28.1 Å². The van der Waals surface area contributed by atoms with Gasteiger partial charge in [0.2, 0.25) is 0 Å². The van der Waals surface area contributed by atoms with Crippen molar-refractivity contribution in [2.45, 2.75) is 6.92 Å². The molecule has 0 aliphatic rings. The minimum atomic E-state index is 0.568. The van der Waals surface area contributed by atoms with Gasteiger partial charge in [-0.2, -0.15) is 0 Å². The van der Waals surface area contributed by atoms with Crippen LogP contribution >= 0.6 is 0 Å². The lowest BCUT2D eigenvalue weighted by atomic mass is 9.99. The molecule has 2 heterocycles. The third-order valence-electron chi connectivity index (χ3n) is 6.55. The van der Waals surface area contributed by atoms with Gasteiger partial charge in [0.25, 0.3) is 0 Å². The Balaban J connectivity index is 1.77. The van der Waals surface area contributed by atoms with E-state index in [0.717, 1.165) is 61.5 Å². The summed E-state index contributed by atoms with van der Waals surface area (Å²) >= 11 is 0. The molecule has 0 radical (unpaired) electrons. The second kappa shape index (κ2) is 10.0. The SMILES string of the molecule is C=Cc1c(C=C)n(-c2ccc(-c3cc(C)nc(-c4ccccc4)c3)cc2C(N=C)=NC)c2ccccc12. The van der Waals surface area contributed by atoms with Gasteiger partial charge in [0.05, 0.1) is 22.6 Å². The van der Waals surface area contributed by atoms with Crippen LogP contribution in [0.15, 0.2) is 108 Å². The molecular formula is C33H28N4. The average Bonchev–Trinajstić information content (AvgIpc) is 3.27. The van der Waals surface area contributed by atoms with Crippen molar-refractivity contribution in [3.05, 3.63) is 121 Å². The zero-order valence-corrected chi connectivity index (χ0v) is 21.1. The molecule has 0 aliphatic carbocycles. The summed E-state index contributed by atoms with van der Waals surface area (Å²) in [5, 5.41) is 1.11. The molecule has 37 heavy (non-hydrogen) atoms. The van der Waals surface area contributed by atoms with E-state index in [0.29, 0.717) is 5.84 Å². The molecule has 0 amide bonds. The van der Waals surface area contributed by atoms with Gasteiger partial charge in [-0.05, 0) is 61.2 Å². The van der Waals surface area contributed by atoms with Crippen molar-refractivity contribution in [2.24, 2.45) is 9.98 Å². The second-order valence-electron chi connectivity index (χ2n) is 8.75. The third-order valence-corrected chi connectivity index (χ3v) is 6.55. The van der Waals surface area contributed by atoms with Crippen LogP contribution in [0.2, 0.25) is 0 Å². The van der Waals surface area contributed by atoms with E-state index in [1.54, 1.807) is 7.05 Å². The van der Waals surface area contributed by atoms with Gasteiger partial charge in [-0.3, -0.25) is 9.98 Å². The first-order chi connectivity index (χ1) is 18.1.